The molecule has 0 aromatic heterocycles. The van der Waals surface area contributed by atoms with Crippen molar-refractivity contribution in [2.45, 2.75) is 38.3 Å². The van der Waals surface area contributed by atoms with Crippen molar-refractivity contribution in [2.24, 2.45) is 11.8 Å². The lowest BCUT2D eigenvalue weighted by Crippen LogP contribution is -2.37. The third-order valence-electron chi connectivity index (χ3n) is 2.95. The first kappa shape index (κ1) is 12.3. The molecule has 15 heavy (non-hydrogen) atoms. The van der Waals surface area contributed by atoms with Crippen LogP contribution in [0.4, 0.5) is 13.2 Å². The Balaban J connectivity index is 2.74. The Bertz CT molecular complexity index is 245. The molecular formula is C11H15F3O. The quantitative estimate of drug-likeness (QED) is 0.665. The Morgan fingerprint density at radius 3 is 2.47 bits per heavy atom. The summed E-state index contributed by atoms with van der Waals surface area (Å²) in [5, 5.41) is 0. The number of rotatable bonds is 3. The number of hydrogen-bond donors (Lipinski definition) is 0. The molecule has 2 unspecified atom stereocenters. The van der Waals surface area contributed by atoms with Crippen molar-refractivity contribution in [1.82, 2.24) is 0 Å². The molecule has 1 aliphatic rings. The van der Waals surface area contributed by atoms with Crippen molar-refractivity contribution in [3.05, 3.63) is 12.7 Å². The van der Waals surface area contributed by atoms with Crippen molar-refractivity contribution in [3.63, 3.8) is 0 Å². The maximum absolute atomic E-state index is 12.6. The molecule has 4 heteroatoms. The van der Waals surface area contributed by atoms with Gasteiger partial charge in [0.05, 0.1) is 5.92 Å². The van der Waals surface area contributed by atoms with Crippen molar-refractivity contribution < 1.29 is 18.0 Å². The van der Waals surface area contributed by atoms with Crippen molar-refractivity contribution in [3.8, 4) is 0 Å². The van der Waals surface area contributed by atoms with Crippen LogP contribution < -0.4 is 0 Å². The first-order valence-corrected chi connectivity index (χ1v) is 5.17. The minimum absolute atomic E-state index is 0.0528. The summed E-state index contributed by atoms with van der Waals surface area (Å²) >= 11 is 0. The Hall–Kier alpha value is -0.800. The van der Waals surface area contributed by atoms with E-state index >= 15 is 0 Å². The normalized spacial score (nSPS) is 27.4. The lowest BCUT2D eigenvalue weighted by atomic mass is 9.76. The highest BCUT2D eigenvalue weighted by Crippen LogP contribution is 2.42. The van der Waals surface area contributed by atoms with Crippen LogP contribution in [0, 0.1) is 11.8 Å². The Morgan fingerprint density at radius 2 is 1.93 bits per heavy atom. The number of ketones is 1. The average molecular weight is 220 g/mol. The summed E-state index contributed by atoms with van der Waals surface area (Å²) in [5.41, 5.74) is 0. The largest absolute Gasteiger partial charge is 0.392 e. The SMILES string of the molecule is C=CCC(=O)C1CCCCC1C(F)(F)F. The fraction of sp³-hybridized carbons (Fsp3) is 0.727. The summed E-state index contributed by atoms with van der Waals surface area (Å²) in [7, 11) is 0. The van der Waals surface area contributed by atoms with Gasteiger partial charge < -0.3 is 0 Å². The molecule has 0 amide bonds. The first-order chi connectivity index (χ1) is 6.96. The van der Waals surface area contributed by atoms with E-state index in [9.17, 15) is 18.0 Å². The van der Waals surface area contributed by atoms with Crippen molar-refractivity contribution in [2.75, 3.05) is 0 Å². The number of Topliss-reactive ketones (excluding diaryl/α,β-unsaturated/α-hetero) is 1. The van der Waals surface area contributed by atoms with Gasteiger partial charge >= 0.3 is 6.18 Å². The molecule has 0 radical (unpaired) electrons. The van der Waals surface area contributed by atoms with Crippen LogP contribution in [-0.2, 0) is 4.79 Å². The fourth-order valence-corrected chi connectivity index (χ4v) is 2.20. The lowest BCUT2D eigenvalue weighted by molar-refractivity contribution is -0.197. The van der Waals surface area contributed by atoms with E-state index in [4.69, 9.17) is 0 Å². The first-order valence-electron chi connectivity index (χ1n) is 5.17. The standard InChI is InChI=1S/C11H15F3O/c1-2-5-10(15)8-6-3-4-7-9(8)11(12,13)14/h2,8-9H,1,3-7H2. The summed E-state index contributed by atoms with van der Waals surface area (Å²) in [6, 6.07) is 0. The molecule has 1 saturated carbocycles. The van der Waals surface area contributed by atoms with Gasteiger partial charge in [0.1, 0.15) is 5.78 Å². The summed E-state index contributed by atoms with van der Waals surface area (Å²) in [5.74, 6) is -2.58. The number of allylic oxidation sites excluding steroid dienone is 1. The summed E-state index contributed by atoms with van der Waals surface area (Å²) < 4.78 is 37.8. The van der Waals surface area contributed by atoms with Gasteiger partial charge in [0.2, 0.25) is 0 Å². The highest BCUT2D eigenvalue weighted by Gasteiger charge is 2.47. The minimum Gasteiger partial charge on any atom is -0.299 e. The minimum atomic E-state index is -4.23. The predicted octanol–water partition coefficient (Wildman–Crippen LogP) is 3.50. The molecule has 0 aromatic rings. The predicted molar refractivity (Wildman–Crippen MR) is 51.3 cm³/mol. The van der Waals surface area contributed by atoms with E-state index in [0.717, 1.165) is 6.42 Å². The number of hydrogen-bond acceptors (Lipinski definition) is 1. The van der Waals surface area contributed by atoms with E-state index in [1.165, 1.54) is 6.08 Å². The van der Waals surface area contributed by atoms with Crippen LogP contribution in [0.15, 0.2) is 12.7 Å². The Labute approximate surface area is 87.4 Å². The maximum Gasteiger partial charge on any atom is 0.392 e. The van der Waals surface area contributed by atoms with Gasteiger partial charge in [-0.2, -0.15) is 13.2 Å². The third kappa shape index (κ3) is 3.08. The Morgan fingerprint density at radius 1 is 1.33 bits per heavy atom. The van der Waals surface area contributed by atoms with Crippen LogP contribution in [0.3, 0.4) is 0 Å². The van der Waals surface area contributed by atoms with E-state index in [1.54, 1.807) is 0 Å². The van der Waals surface area contributed by atoms with Crippen LogP contribution in [-0.4, -0.2) is 12.0 Å². The average Bonchev–Trinajstić information content (AvgIpc) is 2.17. The molecule has 0 aliphatic heterocycles. The molecular weight excluding hydrogens is 205 g/mol. The molecule has 1 nitrogen and oxygen atoms in total. The van der Waals surface area contributed by atoms with Crippen LogP contribution in [0.2, 0.25) is 0 Å². The van der Waals surface area contributed by atoms with Gasteiger partial charge in [-0.1, -0.05) is 18.9 Å². The molecule has 0 spiro atoms. The van der Waals surface area contributed by atoms with E-state index in [2.05, 4.69) is 6.58 Å². The molecule has 0 heterocycles. The van der Waals surface area contributed by atoms with Crippen LogP contribution in [0.25, 0.3) is 0 Å². The number of alkyl halides is 3. The second kappa shape index (κ2) is 4.81. The number of carbonyl (C=O) groups is 1. The van der Waals surface area contributed by atoms with Gasteiger partial charge in [-0.3, -0.25) is 4.79 Å². The molecule has 1 aliphatic carbocycles. The number of carbonyl (C=O) groups excluding carboxylic acids is 1. The fourth-order valence-electron chi connectivity index (χ4n) is 2.20. The van der Waals surface area contributed by atoms with Gasteiger partial charge in [0.25, 0.3) is 0 Å². The van der Waals surface area contributed by atoms with E-state index in [1.807, 2.05) is 0 Å². The zero-order chi connectivity index (χ0) is 11.5. The second-order valence-corrected chi connectivity index (χ2v) is 4.00. The van der Waals surface area contributed by atoms with E-state index < -0.39 is 18.0 Å². The molecule has 0 aromatic carbocycles. The van der Waals surface area contributed by atoms with Gasteiger partial charge in [0, 0.05) is 12.3 Å². The van der Waals surface area contributed by atoms with E-state index in [-0.39, 0.29) is 18.6 Å². The van der Waals surface area contributed by atoms with E-state index in [0.29, 0.717) is 12.8 Å². The molecule has 1 fully saturated rings. The molecule has 0 saturated heterocycles. The van der Waals surface area contributed by atoms with Crippen molar-refractivity contribution in [1.29, 1.82) is 0 Å². The van der Waals surface area contributed by atoms with Crippen LogP contribution in [0.1, 0.15) is 32.1 Å². The van der Waals surface area contributed by atoms with Gasteiger partial charge in [0.15, 0.2) is 0 Å². The highest BCUT2D eigenvalue weighted by atomic mass is 19.4. The zero-order valence-electron chi connectivity index (χ0n) is 8.52. The Kier molecular flexibility index (Phi) is 3.94. The highest BCUT2D eigenvalue weighted by molar-refractivity contribution is 5.82. The summed E-state index contributed by atoms with van der Waals surface area (Å²) in [6.45, 7) is 3.38. The van der Waals surface area contributed by atoms with Crippen LogP contribution in [0.5, 0.6) is 0 Å². The molecule has 0 bridgehead atoms. The monoisotopic (exact) mass is 220 g/mol. The lowest BCUT2D eigenvalue weighted by Gasteiger charge is -2.31. The topological polar surface area (TPSA) is 17.1 Å². The summed E-state index contributed by atoms with van der Waals surface area (Å²) in [4.78, 5) is 11.5. The number of halogens is 3. The van der Waals surface area contributed by atoms with Gasteiger partial charge in [-0.15, -0.1) is 6.58 Å². The molecule has 2 atom stereocenters. The summed E-state index contributed by atoms with van der Waals surface area (Å²) in [6.07, 6.45) is -1.04. The van der Waals surface area contributed by atoms with Crippen molar-refractivity contribution >= 4 is 5.78 Å². The molecule has 1 rings (SSSR count). The van der Waals surface area contributed by atoms with Gasteiger partial charge in [-0.05, 0) is 12.8 Å². The maximum atomic E-state index is 12.6. The van der Waals surface area contributed by atoms with Gasteiger partial charge in [-0.25, -0.2) is 0 Å². The third-order valence-corrected chi connectivity index (χ3v) is 2.95. The van der Waals surface area contributed by atoms with Crippen LogP contribution >= 0.6 is 0 Å². The second-order valence-electron chi connectivity index (χ2n) is 4.00. The molecule has 86 valence electrons. The zero-order valence-corrected chi connectivity index (χ0v) is 8.52. The molecule has 0 N–H and O–H groups in total. The smallest absolute Gasteiger partial charge is 0.299 e.